The number of likely N-dealkylation sites (N-methyl/N-ethyl adjacent to an activating group) is 1. The number of hydrogen-bond donors (Lipinski definition) is 0. The first-order valence-corrected chi connectivity index (χ1v) is 6.42. The zero-order valence-electron chi connectivity index (χ0n) is 11.3. The van der Waals surface area contributed by atoms with E-state index in [2.05, 4.69) is 0 Å². The molecule has 0 N–H and O–H groups in total. The number of Topliss-reactive ketones (excluding diaryl/α,β-unsaturated/α-hetero) is 1. The lowest BCUT2D eigenvalue weighted by Crippen LogP contribution is -2.13. The molecule has 0 bridgehead atoms. The quantitative estimate of drug-likeness (QED) is 0.481. The molecule has 0 atom stereocenters. The van der Waals surface area contributed by atoms with Crippen molar-refractivity contribution in [1.29, 1.82) is 0 Å². The maximum absolute atomic E-state index is 12.4. The summed E-state index contributed by atoms with van der Waals surface area (Å²) in [4.78, 5) is 24.8. The number of nitro groups is 1. The van der Waals surface area contributed by atoms with E-state index in [0.29, 0.717) is 16.8 Å². The molecule has 5 nitrogen and oxygen atoms in total. The highest BCUT2D eigenvalue weighted by atomic mass is 16.6. The fourth-order valence-electron chi connectivity index (χ4n) is 2.46. The van der Waals surface area contributed by atoms with Crippen LogP contribution in [0.5, 0.6) is 0 Å². The summed E-state index contributed by atoms with van der Waals surface area (Å²) in [5.74, 6) is -0.119. The molecule has 1 aliphatic heterocycles. The Bertz CT molecular complexity index is 781. The molecule has 0 amide bonds. The van der Waals surface area contributed by atoms with Crippen molar-refractivity contribution in [1.82, 2.24) is 0 Å². The summed E-state index contributed by atoms with van der Waals surface area (Å²) in [7, 11) is 1.78. The second kappa shape index (κ2) is 4.86. The van der Waals surface area contributed by atoms with Crippen molar-refractivity contribution in [2.75, 3.05) is 11.9 Å². The summed E-state index contributed by atoms with van der Waals surface area (Å²) in [5.41, 5.74) is 2.27. The molecule has 0 unspecified atom stereocenters. The highest BCUT2D eigenvalue weighted by molar-refractivity contribution is 6.21. The second-order valence-electron chi connectivity index (χ2n) is 4.75. The number of benzene rings is 2. The summed E-state index contributed by atoms with van der Waals surface area (Å²) >= 11 is 0. The van der Waals surface area contributed by atoms with Crippen LogP contribution in [0.15, 0.2) is 54.2 Å². The zero-order chi connectivity index (χ0) is 15.0. The average Bonchev–Trinajstić information content (AvgIpc) is 2.73. The number of para-hydroxylation sites is 2. The van der Waals surface area contributed by atoms with Gasteiger partial charge in [0.2, 0.25) is 5.78 Å². The normalized spacial score (nSPS) is 15.4. The van der Waals surface area contributed by atoms with Gasteiger partial charge in [-0.05, 0) is 24.3 Å². The van der Waals surface area contributed by atoms with Gasteiger partial charge in [0.15, 0.2) is 0 Å². The van der Waals surface area contributed by atoms with Crippen LogP contribution >= 0.6 is 0 Å². The molecular formula is C16H12N2O3. The zero-order valence-corrected chi connectivity index (χ0v) is 11.3. The Morgan fingerprint density at radius 3 is 2.48 bits per heavy atom. The first kappa shape index (κ1) is 13.1. The first-order valence-electron chi connectivity index (χ1n) is 6.42. The molecule has 0 aromatic heterocycles. The lowest BCUT2D eigenvalue weighted by atomic mass is 10.1. The topological polar surface area (TPSA) is 63.4 Å². The number of carbonyl (C=O) groups excluding carboxylic acids is 1. The van der Waals surface area contributed by atoms with Gasteiger partial charge in [-0.25, -0.2) is 0 Å². The van der Waals surface area contributed by atoms with Crippen LogP contribution in [0.4, 0.5) is 11.4 Å². The first-order chi connectivity index (χ1) is 10.1. The molecule has 0 fully saturated rings. The predicted molar refractivity (Wildman–Crippen MR) is 80.2 cm³/mol. The van der Waals surface area contributed by atoms with Gasteiger partial charge in [0, 0.05) is 18.7 Å². The number of fused-ring (bicyclic) bond motifs is 1. The van der Waals surface area contributed by atoms with E-state index in [9.17, 15) is 14.9 Å². The van der Waals surface area contributed by atoms with E-state index in [1.54, 1.807) is 48.4 Å². The Labute approximate surface area is 121 Å². The number of ketones is 1. The fraction of sp³-hybridized carbons (Fsp3) is 0.0625. The highest BCUT2D eigenvalue weighted by Crippen LogP contribution is 2.34. The maximum atomic E-state index is 12.4. The number of nitrogens with zero attached hydrogens (tertiary/aromatic N) is 2. The van der Waals surface area contributed by atoms with Crippen LogP contribution in [0.1, 0.15) is 15.9 Å². The van der Waals surface area contributed by atoms with Gasteiger partial charge >= 0.3 is 0 Å². The molecule has 21 heavy (non-hydrogen) atoms. The third-order valence-electron chi connectivity index (χ3n) is 3.53. The molecule has 1 aliphatic rings. The Morgan fingerprint density at radius 2 is 1.76 bits per heavy atom. The van der Waals surface area contributed by atoms with Gasteiger partial charge in [0.25, 0.3) is 5.69 Å². The van der Waals surface area contributed by atoms with Crippen LogP contribution in [0.2, 0.25) is 0 Å². The smallest absolute Gasteiger partial charge is 0.276 e. The van der Waals surface area contributed by atoms with Crippen LogP contribution in [0.25, 0.3) is 6.08 Å². The SMILES string of the molecule is CN1/C(=C\c2ccccc2[N+](=O)[O-])C(=O)c2ccccc21. The summed E-state index contributed by atoms with van der Waals surface area (Å²) < 4.78 is 0. The molecule has 0 aliphatic carbocycles. The number of allylic oxidation sites excluding steroid dienone is 1. The second-order valence-corrected chi connectivity index (χ2v) is 4.75. The van der Waals surface area contributed by atoms with E-state index in [1.807, 2.05) is 12.1 Å². The van der Waals surface area contributed by atoms with Crippen molar-refractivity contribution in [3.8, 4) is 0 Å². The molecule has 0 saturated heterocycles. The van der Waals surface area contributed by atoms with Gasteiger partial charge in [-0.15, -0.1) is 0 Å². The van der Waals surface area contributed by atoms with E-state index in [1.165, 1.54) is 6.07 Å². The van der Waals surface area contributed by atoms with Crippen molar-refractivity contribution in [2.45, 2.75) is 0 Å². The molecule has 0 radical (unpaired) electrons. The monoisotopic (exact) mass is 280 g/mol. The Morgan fingerprint density at radius 1 is 1.10 bits per heavy atom. The number of carbonyl (C=O) groups is 1. The summed E-state index contributed by atoms with van der Waals surface area (Å²) in [5, 5.41) is 11.1. The lowest BCUT2D eigenvalue weighted by molar-refractivity contribution is -0.385. The Balaban J connectivity index is 2.11. The minimum absolute atomic E-state index is 0.0119. The van der Waals surface area contributed by atoms with Crippen molar-refractivity contribution in [3.05, 3.63) is 75.5 Å². The molecule has 104 valence electrons. The van der Waals surface area contributed by atoms with Crippen molar-refractivity contribution >= 4 is 23.2 Å². The van der Waals surface area contributed by atoms with E-state index in [-0.39, 0.29) is 11.5 Å². The molecule has 0 saturated carbocycles. The fourth-order valence-corrected chi connectivity index (χ4v) is 2.46. The van der Waals surface area contributed by atoms with E-state index >= 15 is 0 Å². The lowest BCUT2D eigenvalue weighted by Gasteiger charge is -2.13. The van der Waals surface area contributed by atoms with Crippen molar-refractivity contribution < 1.29 is 9.72 Å². The minimum Gasteiger partial charge on any atom is -0.341 e. The maximum Gasteiger partial charge on any atom is 0.276 e. The third-order valence-corrected chi connectivity index (χ3v) is 3.53. The van der Waals surface area contributed by atoms with Gasteiger partial charge in [0.1, 0.15) is 0 Å². The number of anilines is 1. The minimum atomic E-state index is -0.445. The summed E-state index contributed by atoms with van der Waals surface area (Å²) in [6.45, 7) is 0. The molecule has 2 aromatic rings. The average molecular weight is 280 g/mol. The van der Waals surface area contributed by atoms with Gasteiger partial charge in [-0.1, -0.05) is 24.3 Å². The van der Waals surface area contributed by atoms with E-state index in [4.69, 9.17) is 0 Å². The Kier molecular flexibility index (Phi) is 3.02. The van der Waals surface area contributed by atoms with Crippen molar-refractivity contribution in [3.63, 3.8) is 0 Å². The number of hydrogen-bond acceptors (Lipinski definition) is 4. The van der Waals surface area contributed by atoms with Crippen LogP contribution < -0.4 is 4.90 Å². The van der Waals surface area contributed by atoms with Crippen molar-refractivity contribution in [2.24, 2.45) is 0 Å². The summed E-state index contributed by atoms with van der Waals surface area (Å²) in [6, 6.07) is 13.7. The molecule has 1 heterocycles. The van der Waals surface area contributed by atoms with Crippen LogP contribution in [-0.4, -0.2) is 17.8 Å². The number of rotatable bonds is 2. The molecular weight excluding hydrogens is 268 g/mol. The van der Waals surface area contributed by atoms with E-state index < -0.39 is 4.92 Å². The number of nitro benzene ring substituents is 1. The van der Waals surface area contributed by atoms with Gasteiger partial charge in [0.05, 0.1) is 21.9 Å². The van der Waals surface area contributed by atoms with Gasteiger partial charge < -0.3 is 4.90 Å². The molecule has 3 rings (SSSR count). The molecule has 0 spiro atoms. The van der Waals surface area contributed by atoms with Crippen LogP contribution in [0, 0.1) is 10.1 Å². The van der Waals surface area contributed by atoms with Crippen LogP contribution in [-0.2, 0) is 0 Å². The molecule has 2 aromatic carbocycles. The largest absolute Gasteiger partial charge is 0.341 e. The third kappa shape index (κ3) is 2.08. The Hall–Kier alpha value is -2.95. The summed E-state index contributed by atoms with van der Waals surface area (Å²) in [6.07, 6.45) is 1.57. The predicted octanol–water partition coefficient (Wildman–Crippen LogP) is 3.27. The van der Waals surface area contributed by atoms with Gasteiger partial charge in [-0.2, -0.15) is 0 Å². The standard InChI is InChI=1S/C16H12N2O3/c1-17-14-9-5-3-7-12(14)16(19)15(17)10-11-6-2-4-8-13(11)18(20)21/h2-10H,1H3/b15-10-. The highest BCUT2D eigenvalue weighted by Gasteiger charge is 2.29. The van der Waals surface area contributed by atoms with Gasteiger partial charge in [-0.3, -0.25) is 14.9 Å². The molecule has 5 heteroatoms. The van der Waals surface area contributed by atoms with E-state index in [0.717, 1.165) is 5.69 Å². The van der Waals surface area contributed by atoms with Crippen LogP contribution in [0.3, 0.4) is 0 Å².